The number of benzene rings is 2. The van der Waals surface area contributed by atoms with Crippen molar-refractivity contribution in [2.24, 2.45) is 0 Å². The van der Waals surface area contributed by atoms with E-state index in [1.807, 2.05) is 30.3 Å². The summed E-state index contributed by atoms with van der Waals surface area (Å²) in [4.78, 5) is 27.4. The van der Waals surface area contributed by atoms with E-state index in [1.54, 1.807) is 11.0 Å². The van der Waals surface area contributed by atoms with Crippen LogP contribution >= 0.6 is 11.6 Å². The Hall–Kier alpha value is -2.46. The third-order valence-corrected chi connectivity index (χ3v) is 5.37. The standard InChI is InChI=1S/C21H17ClFNO2/c22-15-8-4-9-16(23)20(15)14-12-19(26)24(13-6-2-1-3-7-13)17-10-5-11-18(25)21(14)17/h1-4,6-9,14H,5,10-12H2. The molecule has 1 heterocycles. The Labute approximate surface area is 156 Å². The molecule has 5 heteroatoms. The molecule has 1 amide bonds. The van der Waals surface area contributed by atoms with E-state index < -0.39 is 11.7 Å². The van der Waals surface area contributed by atoms with Crippen LogP contribution in [0.25, 0.3) is 0 Å². The van der Waals surface area contributed by atoms with Crippen LogP contribution in [0.2, 0.25) is 5.02 Å². The van der Waals surface area contributed by atoms with Crippen LogP contribution in [0.3, 0.4) is 0 Å². The molecule has 2 aromatic rings. The quantitative estimate of drug-likeness (QED) is 0.746. The molecule has 2 aliphatic rings. The fourth-order valence-corrected chi connectivity index (χ4v) is 4.25. The van der Waals surface area contributed by atoms with E-state index in [4.69, 9.17) is 11.6 Å². The summed E-state index contributed by atoms with van der Waals surface area (Å²) in [5.74, 6) is -1.27. The largest absolute Gasteiger partial charge is 0.294 e. The number of carbonyl (C=O) groups is 2. The molecule has 0 saturated heterocycles. The molecule has 0 radical (unpaired) electrons. The molecule has 132 valence electrons. The first-order chi connectivity index (χ1) is 12.6. The van der Waals surface area contributed by atoms with Crippen LogP contribution in [-0.4, -0.2) is 11.7 Å². The zero-order valence-corrected chi connectivity index (χ0v) is 14.8. The fraction of sp³-hybridized carbons (Fsp3) is 0.238. The Morgan fingerprint density at radius 1 is 1.00 bits per heavy atom. The molecule has 0 aromatic heterocycles. The zero-order valence-electron chi connectivity index (χ0n) is 14.0. The summed E-state index contributed by atoms with van der Waals surface area (Å²) in [5, 5.41) is 0.251. The maximum atomic E-state index is 14.5. The molecule has 26 heavy (non-hydrogen) atoms. The lowest BCUT2D eigenvalue weighted by atomic mass is 9.77. The van der Waals surface area contributed by atoms with Gasteiger partial charge in [-0.2, -0.15) is 0 Å². The van der Waals surface area contributed by atoms with Gasteiger partial charge in [-0.05, 0) is 37.1 Å². The summed E-state index contributed by atoms with van der Waals surface area (Å²) in [6.07, 6.45) is 1.74. The van der Waals surface area contributed by atoms with E-state index in [9.17, 15) is 14.0 Å². The number of amides is 1. The van der Waals surface area contributed by atoms with Gasteiger partial charge in [0.1, 0.15) is 5.82 Å². The van der Waals surface area contributed by atoms with E-state index in [2.05, 4.69) is 0 Å². The van der Waals surface area contributed by atoms with Gasteiger partial charge in [-0.1, -0.05) is 35.9 Å². The number of para-hydroxylation sites is 1. The number of anilines is 1. The molecule has 0 bridgehead atoms. The summed E-state index contributed by atoms with van der Waals surface area (Å²) in [6, 6.07) is 13.7. The van der Waals surface area contributed by atoms with Gasteiger partial charge >= 0.3 is 0 Å². The minimum atomic E-state index is -0.626. The topological polar surface area (TPSA) is 37.4 Å². The second-order valence-electron chi connectivity index (χ2n) is 6.59. The Kier molecular flexibility index (Phi) is 4.37. The number of ketones is 1. The van der Waals surface area contributed by atoms with Gasteiger partial charge < -0.3 is 0 Å². The van der Waals surface area contributed by atoms with Crippen molar-refractivity contribution in [3.05, 3.63) is 76.2 Å². The summed E-state index contributed by atoms with van der Waals surface area (Å²) in [6.45, 7) is 0. The first-order valence-corrected chi connectivity index (χ1v) is 9.04. The van der Waals surface area contributed by atoms with Crippen LogP contribution in [0, 0.1) is 5.82 Å². The molecule has 3 nitrogen and oxygen atoms in total. The molecule has 1 aliphatic heterocycles. The van der Waals surface area contributed by atoms with Crippen molar-refractivity contribution in [1.29, 1.82) is 0 Å². The number of halogens is 2. The molecule has 1 aliphatic carbocycles. The van der Waals surface area contributed by atoms with E-state index in [-0.39, 0.29) is 28.7 Å². The number of hydrogen-bond donors (Lipinski definition) is 0. The molecule has 1 unspecified atom stereocenters. The van der Waals surface area contributed by atoms with Crippen molar-refractivity contribution in [3.63, 3.8) is 0 Å². The summed E-state index contributed by atoms with van der Waals surface area (Å²) < 4.78 is 14.5. The van der Waals surface area contributed by atoms with Gasteiger partial charge in [0.15, 0.2) is 5.78 Å². The van der Waals surface area contributed by atoms with Crippen LogP contribution in [-0.2, 0) is 9.59 Å². The highest BCUT2D eigenvalue weighted by molar-refractivity contribution is 6.31. The second-order valence-corrected chi connectivity index (χ2v) is 7.00. The molecular weight excluding hydrogens is 353 g/mol. The monoisotopic (exact) mass is 369 g/mol. The van der Waals surface area contributed by atoms with Crippen molar-refractivity contribution >= 4 is 29.0 Å². The fourth-order valence-electron chi connectivity index (χ4n) is 3.96. The highest BCUT2D eigenvalue weighted by Crippen LogP contribution is 2.45. The average molecular weight is 370 g/mol. The molecule has 0 N–H and O–H groups in total. The van der Waals surface area contributed by atoms with Gasteiger partial charge in [0.25, 0.3) is 0 Å². The maximum Gasteiger partial charge on any atom is 0.232 e. The number of hydrogen-bond acceptors (Lipinski definition) is 2. The number of nitrogens with zero attached hydrogens (tertiary/aromatic N) is 1. The minimum absolute atomic E-state index is 0.0241. The van der Waals surface area contributed by atoms with Gasteiger partial charge in [-0.25, -0.2) is 4.39 Å². The number of allylic oxidation sites excluding steroid dienone is 2. The number of carbonyl (C=O) groups excluding carboxylic acids is 2. The van der Waals surface area contributed by atoms with Gasteiger partial charge in [-0.3, -0.25) is 14.5 Å². The lowest BCUT2D eigenvalue weighted by Crippen LogP contribution is -2.40. The Balaban J connectivity index is 1.91. The highest BCUT2D eigenvalue weighted by Gasteiger charge is 2.41. The van der Waals surface area contributed by atoms with Gasteiger partial charge in [0.05, 0.1) is 0 Å². The average Bonchev–Trinajstić information content (AvgIpc) is 2.62. The van der Waals surface area contributed by atoms with E-state index >= 15 is 0 Å². The Bertz CT molecular complexity index is 903. The summed E-state index contributed by atoms with van der Waals surface area (Å²) in [5.41, 5.74) is 2.20. The second kappa shape index (κ2) is 6.69. The van der Waals surface area contributed by atoms with Crippen molar-refractivity contribution in [2.75, 3.05) is 4.90 Å². The van der Waals surface area contributed by atoms with Gasteiger partial charge in [0, 0.05) is 46.3 Å². The van der Waals surface area contributed by atoms with Crippen molar-refractivity contribution in [3.8, 4) is 0 Å². The Morgan fingerprint density at radius 3 is 2.50 bits per heavy atom. The third kappa shape index (κ3) is 2.74. The molecule has 1 atom stereocenters. The molecule has 0 saturated carbocycles. The smallest absolute Gasteiger partial charge is 0.232 e. The first-order valence-electron chi connectivity index (χ1n) is 8.66. The maximum absolute atomic E-state index is 14.5. The molecule has 4 rings (SSSR count). The van der Waals surface area contributed by atoms with Crippen molar-refractivity contribution in [1.82, 2.24) is 0 Å². The van der Waals surface area contributed by atoms with Crippen molar-refractivity contribution in [2.45, 2.75) is 31.6 Å². The summed E-state index contributed by atoms with van der Waals surface area (Å²) in [7, 11) is 0. The lowest BCUT2D eigenvalue weighted by Gasteiger charge is -2.38. The predicted molar refractivity (Wildman–Crippen MR) is 98.6 cm³/mol. The number of rotatable bonds is 2. The van der Waals surface area contributed by atoms with E-state index in [0.29, 0.717) is 30.5 Å². The molecular formula is C21H17ClFNO2. The van der Waals surface area contributed by atoms with E-state index in [1.165, 1.54) is 12.1 Å². The number of Topliss-reactive ketones (excluding diaryl/α,β-unsaturated/α-hetero) is 1. The van der Waals surface area contributed by atoms with Gasteiger partial charge in [-0.15, -0.1) is 0 Å². The zero-order chi connectivity index (χ0) is 18.3. The predicted octanol–water partition coefficient (Wildman–Crippen LogP) is 5.01. The van der Waals surface area contributed by atoms with Gasteiger partial charge in [0.2, 0.25) is 5.91 Å². The third-order valence-electron chi connectivity index (χ3n) is 5.04. The molecule has 0 spiro atoms. The molecule has 2 aromatic carbocycles. The Morgan fingerprint density at radius 2 is 1.77 bits per heavy atom. The highest BCUT2D eigenvalue weighted by atomic mass is 35.5. The lowest BCUT2D eigenvalue weighted by molar-refractivity contribution is -0.119. The molecule has 0 fully saturated rings. The van der Waals surface area contributed by atoms with Crippen molar-refractivity contribution < 1.29 is 14.0 Å². The van der Waals surface area contributed by atoms with Crippen LogP contribution in [0.5, 0.6) is 0 Å². The van der Waals surface area contributed by atoms with Crippen LogP contribution in [0.15, 0.2) is 59.8 Å². The first kappa shape index (κ1) is 17.0. The normalized spacial score (nSPS) is 20.4. The van der Waals surface area contributed by atoms with Crippen LogP contribution in [0.4, 0.5) is 10.1 Å². The van der Waals surface area contributed by atoms with E-state index in [0.717, 1.165) is 5.69 Å². The summed E-state index contributed by atoms with van der Waals surface area (Å²) >= 11 is 6.24. The minimum Gasteiger partial charge on any atom is -0.294 e. The SMILES string of the molecule is O=C1CCCC2=C1C(c1c(F)cccc1Cl)CC(=O)N2c1ccccc1. The van der Waals surface area contributed by atoms with Crippen LogP contribution < -0.4 is 4.90 Å². The van der Waals surface area contributed by atoms with Crippen LogP contribution in [0.1, 0.15) is 37.2 Å².